The molecule has 3 aliphatic heterocycles. The number of carbonyl (C=O) groups excluding carboxylic acids is 4. The third-order valence-corrected chi connectivity index (χ3v) is 15.0. The molecule has 24 nitrogen and oxygen atoms in total. The molecule has 26 heteroatoms. The summed E-state index contributed by atoms with van der Waals surface area (Å²) in [4.78, 5) is 48.4. The number of nitrogens with one attached hydrogen (secondary N) is 2. The summed E-state index contributed by atoms with van der Waals surface area (Å²) in [6, 6.07) is 20.9. The monoisotopic (exact) mass is 1140 g/mol. The number of para-hydroxylation sites is 2. The quantitative estimate of drug-likeness (QED) is 0.0352. The van der Waals surface area contributed by atoms with Gasteiger partial charge in [-0.25, -0.2) is 9.13 Å². The van der Waals surface area contributed by atoms with Crippen LogP contribution in [0.3, 0.4) is 0 Å². The van der Waals surface area contributed by atoms with E-state index in [-0.39, 0.29) is 47.7 Å². The number of rotatable bonds is 22. The van der Waals surface area contributed by atoms with Gasteiger partial charge in [0.05, 0.1) is 26.4 Å². The van der Waals surface area contributed by atoms with Gasteiger partial charge in [0.25, 0.3) is 24.3 Å². The average Bonchev–Trinajstić information content (AvgIpc) is 4.21. The molecule has 5 heterocycles. The molecule has 8 N–H and O–H groups in total. The van der Waals surface area contributed by atoms with E-state index in [9.17, 15) is 38.5 Å². The number of aliphatic hydroxyl groups is 2. The second-order valence-electron chi connectivity index (χ2n) is 21.9. The maximum absolute atomic E-state index is 14.0. The van der Waals surface area contributed by atoms with Crippen LogP contribution in [0.4, 0.5) is 0 Å². The fourth-order valence-electron chi connectivity index (χ4n) is 7.91. The number of hydrogen-bond donors (Lipinski definition) is 6. The normalized spacial score (nSPS) is 24.8. The molecule has 2 amide bonds. The highest BCUT2D eigenvalue weighted by Crippen LogP contribution is 2.48. The van der Waals surface area contributed by atoms with Crippen molar-refractivity contribution in [2.75, 3.05) is 26.4 Å². The Labute approximate surface area is 459 Å². The number of nitrogens with two attached hydrogens (primary N) is 2. The minimum atomic E-state index is -4.22. The third-order valence-electron chi connectivity index (χ3n) is 11.7. The number of amides is 2. The number of ether oxygens (including phenoxy) is 6. The third kappa shape index (κ3) is 18.1. The van der Waals surface area contributed by atoms with Gasteiger partial charge in [0.15, 0.2) is 42.8 Å². The molecule has 0 saturated carbocycles. The molecule has 0 aliphatic carbocycles. The first kappa shape index (κ1) is 62.5. The van der Waals surface area contributed by atoms with Gasteiger partial charge < -0.3 is 59.1 Å². The second-order valence-corrected chi connectivity index (χ2v) is 25.3. The number of carbonyl (C=O) groups is 4. The number of nitrogens with zero attached hydrogens (tertiary/aromatic N) is 2. The maximum Gasteiger partial charge on any atom is 0.459 e. The minimum absolute atomic E-state index is 0.151. The van der Waals surface area contributed by atoms with Crippen LogP contribution in [0.1, 0.15) is 102 Å². The Morgan fingerprint density at radius 1 is 0.620 bits per heavy atom. The van der Waals surface area contributed by atoms with Crippen molar-refractivity contribution < 1.29 is 94.2 Å². The highest BCUT2D eigenvalue weighted by molar-refractivity contribution is 7.52. The predicted molar refractivity (Wildman–Crippen MR) is 281 cm³/mol. The molecule has 0 bridgehead atoms. The van der Waals surface area contributed by atoms with Crippen LogP contribution in [0, 0.1) is 10.8 Å². The fraction of sp³-hybridized carbons (Fsp3) is 0.509. The number of aliphatic hydroxyl groups excluding tert-OH is 2. The Morgan fingerprint density at radius 2 is 1.03 bits per heavy atom. The number of hydrogen-bond acceptors (Lipinski definition) is 18. The number of aromatic nitrogens is 2. The molecule has 6 unspecified atom stereocenters. The van der Waals surface area contributed by atoms with Crippen LogP contribution in [0.25, 0.3) is 0 Å². The lowest BCUT2D eigenvalue weighted by molar-refractivity contribution is -0.766. The topological polar surface area (TPSA) is 319 Å². The van der Waals surface area contributed by atoms with Crippen molar-refractivity contribution in [3.8, 4) is 11.5 Å². The summed E-state index contributed by atoms with van der Waals surface area (Å²) in [6.07, 6.45) is -1.43. The van der Waals surface area contributed by atoms with E-state index in [0.29, 0.717) is 5.56 Å². The van der Waals surface area contributed by atoms with E-state index in [2.05, 4.69) is 10.2 Å². The van der Waals surface area contributed by atoms with E-state index in [1.54, 1.807) is 110 Å². The van der Waals surface area contributed by atoms with Crippen LogP contribution >= 0.6 is 15.5 Å². The Hall–Kier alpha value is -5.72. The SMILES string of the molecule is CC(NP(=O)(OCC1O[C@@H]([n+]2cccc(C(N)=O)c2)[C@@H]2OC(C)(C)O[C@H]12)Oc1ccccc1)C(=O)OCC(C)(C)C.CC(NP(=O)(OCC1O[C@@H]([n+]2cccc(C(N)=O)c2)[C@H](O)[C@@H]1O)Oc1ccccc1)C(=O)OCC(C)(C)C. The zero-order chi connectivity index (χ0) is 58.1. The lowest BCUT2D eigenvalue weighted by Crippen LogP contribution is -2.46. The van der Waals surface area contributed by atoms with Gasteiger partial charge in [-0.15, -0.1) is 0 Å². The van der Waals surface area contributed by atoms with Gasteiger partial charge in [-0.2, -0.15) is 19.3 Å². The molecule has 432 valence electrons. The van der Waals surface area contributed by atoms with Crippen molar-refractivity contribution in [1.82, 2.24) is 10.2 Å². The Kier molecular flexibility index (Phi) is 20.8. The highest BCUT2D eigenvalue weighted by atomic mass is 31.2. The van der Waals surface area contributed by atoms with Crippen molar-refractivity contribution in [3.05, 3.63) is 121 Å². The first-order valence-corrected chi connectivity index (χ1v) is 28.5. The molecule has 4 aromatic rings. The molecule has 12 atom stereocenters. The lowest BCUT2D eigenvalue weighted by Gasteiger charge is -2.26. The molecule has 79 heavy (non-hydrogen) atoms. The zero-order valence-corrected chi connectivity index (χ0v) is 47.7. The Balaban J connectivity index is 0.000000256. The van der Waals surface area contributed by atoms with Gasteiger partial charge in [-0.1, -0.05) is 77.9 Å². The van der Waals surface area contributed by atoms with Crippen LogP contribution in [0.5, 0.6) is 11.5 Å². The average molecular weight is 1150 g/mol. The number of fused-ring (bicyclic) bond motifs is 1. The van der Waals surface area contributed by atoms with Crippen molar-refractivity contribution >= 4 is 39.2 Å². The van der Waals surface area contributed by atoms with Gasteiger partial charge in [0.1, 0.15) is 59.1 Å². The first-order valence-electron chi connectivity index (χ1n) is 25.4. The summed E-state index contributed by atoms with van der Waals surface area (Å²) in [5, 5.41) is 26.4. The highest BCUT2D eigenvalue weighted by Gasteiger charge is 2.60. The molecular weight excluding hydrogens is 1070 g/mol. The molecule has 0 radical (unpaired) electrons. The molecule has 0 spiro atoms. The number of benzene rings is 2. The van der Waals surface area contributed by atoms with Crippen LogP contribution in [0.15, 0.2) is 110 Å². The Bertz CT molecular complexity index is 2820. The van der Waals surface area contributed by atoms with Crippen LogP contribution < -0.4 is 39.8 Å². The summed E-state index contributed by atoms with van der Waals surface area (Å²) < 4.78 is 88.5. The second kappa shape index (κ2) is 26.3. The van der Waals surface area contributed by atoms with E-state index in [4.69, 9.17) is 58.0 Å². The fourth-order valence-corrected chi connectivity index (χ4v) is 10.9. The lowest BCUT2D eigenvalue weighted by atomic mass is 9.99. The smallest absolute Gasteiger partial charge is 0.459 e. The number of primary amides is 2. The minimum Gasteiger partial charge on any atom is -0.464 e. The van der Waals surface area contributed by atoms with E-state index >= 15 is 0 Å². The Morgan fingerprint density at radius 3 is 1.46 bits per heavy atom. The molecular formula is C53H74N6O18P2+2. The van der Waals surface area contributed by atoms with Gasteiger partial charge >= 0.3 is 27.4 Å². The standard InChI is InChI=1S/C28H38N3O9P.C25H34N3O9P/c1-18(26(33)35-17-27(2,3)4)30-41(34,40-20-12-8-7-9-13-20)36-16-21-22-23(39-28(5,6)38-22)25(37-21)31-14-10-11-19(15-31)24(29)32;1-16(24(32)34-15-25(2,3)4)27-38(33,37-18-10-6-5-7-11-18)35-14-19-20(29)21(30)23(36-19)28-12-8-9-17(13-28)22(26)31/h7-15,18,21-23,25H,16-17H2,1-6H3,(H2-,29,30,32,34);5-13,16,19-21,23,29-30H,14-15H2,1-4H3,(H2-,26,27,31,33)/p+2/t18?,21?,22-,23-,25-,41?;16?,19?,20-,21-,23-,38?/m11/s1. The summed E-state index contributed by atoms with van der Waals surface area (Å²) in [6.45, 7) is 17.7. The summed E-state index contributed by atoms with van der Waals surface area (Å²) >= 11 is 0. The van der Waals surface area contributed by atoms with Crippen LogP contribution in [-0.2, 0) is 56.2 Å². The van der Waals surface area contributed by atoms with Crippen LogP contribution in [0.2, 0.25) is 0 Å². The van der Waals surface area contributed by atoms with Gasteiger partial charge in [-0.05, 0) is 74.9 Å². The molecule has 7 rings (SSSR count). The van der Waals surface area contributed by atoms with E-state index in [1.165, 1.54) is 36.9 Å². The van der Waals surface area contributed by atoms with Gasteiger partial charge in [-0.3, -0.25) is 28.2 Å². The van der Waals surface area contributed by atoms with Crippen molar-refractivity contribution in [2.24, 2.45) is 22.3 Å². The molecule has 2 aromatic carbocycles. The largest absolute Gasteiger partial charge is 0.464 e. The summed E-state index contributed by atoms with van der Waals surface area (Å²) in [7, 11) is -8.36. The maximum atomic E-state index is 14.0. The van der Waals surface area contributed by atoms with Crippen molar-refractivity contribution in [1.29, 1.82) is 0 Å². The van der Waals surface area contributed by atoms with E-state index in [0.717, 1.165) is 0 Å². The zero-order valence-electron chi connectivity index (χ0n) is 45.9. The molecule has 3 saturated heterocycles. The first-order chi connectivity index (χ1) is 36.9. The van der Waals surface area contributed by atoms with E-state index < -0.39 is 113 Å². The molecule has 3 aliphatic rings. The molecule has 2 aromatic heterocycles. The van der Waals surface area contributed by atoms with Crippen molar-refractivity contribution in [3.63, 3.8) is 0 Å². The van der Waals surface area contributed by atoms with E-state index in [1.807, 2.05) is 41.5 Å². The molecule has 3 fully saturated rings. The predicted octanol–water partition coefficient (Wildman–Crippen LogP) is 4.72. The number of esters is 2. The number of pyridine rings is 2. The summed E-state index contributed by atoms with van der Waals surface area (Å²) in [5.41, 5.74) is 10.7. The van der Waals surface area contributed by atoms with Gasteiger partial charge in [0, 0.05) is 12.1 Å². The van der Waals surface area contributed by atoms with Gasteiger partial charge in [0.2, 0.25) is 0 Å². The van der Waals surface area contributed by atoms with Crippen molar-refractivity contribution in [2.45, 2.75) is 136 Å². The summed E-state index contributed by atoms with van der Waals surface area (Å²) in [5.74, 6) is -2.95. The van der Waals surface area contributed by atoms with Crippen LogP contribution in [-0.4, -0.2) is 115 Å².